The van der Waals surface area contributed by atoms with Crippen molar-refractivity contribution in [2.45, 2.75) is 0 Å². The predicted octanol–water partition coefficient (Wildman–Crippen LogP) is 2.48. The average molecular weight is 240 g/mol. The molecule has 0 saturated heterocycles. The Morgan fingerprint density at radius 3 is 2.39 bits per heavy atom. The van der Waals surface area contributed by atoms with E-state index in [4.69, 9.17) is 10.2 Å². The highest BCUT2D eigenvalue weighted by atomic mass is 16.4. The molecule has 0 radical (unpaired) electrons. The second-order valence-electron chi connectivity index (χ2n) is 4.10. The van der Waals surface area contributed by atoms with Crippen LogP contribution in [-0.4, -0.2) is 22.2 Å². The normalized spacial score (nSPS) is 12.6. The van der Waals surface area contributed by atoms with Gasteiger partial charge in [-0.3, -0.25) is 0 Å². The van der Waals surface area contributed by atoms with Crippen LogP contribution in [0.2, 0.25) is 0 Å². The monoisotopic (exact) mass is 240 g/mol. The van der Waals surface area contributed by atoms with E-state index >= 15 is 0 Å². The number of carbonyl (C=O) groups is 2. The zero-order valence-electron chi connectivity index (χ0n) is 9.18. The van der Waals surface area contributed by atoms with Crippen molar-refractivity contribution >= 4 is 34.4 Å². The van der Waals surface area contributed by atoms with Gasteiger partial charge in [-0.05, 0) is 34.0 Å². The van der Waals surface area contributed by atoms with Gasteiger partial charge in [-0.1, -0.05) is 24.3 Å². The van der Waals surface area contributed by atoms with Crippen molar-refractivity contribution < 1.29 is 19.8 Å². The minimum absolute atomic E-state index is 0.131. The minimum Gasteiger partial charge on any atom is -0.478 e. The molecule has 4 nitrogen and oxygen atoms in total. The number of aromatic carboxylic acids is 1. The molecule has 0 heterocycles. The summed E-state index contributed by atoms with van der Waals surface area (Å²) in [4.78, 5) is 22.3. The molecule has 0 fully saturated rings. The number of rotatable bonds is 2. The molecule has 0 aliphatic heterocycles. The van der Waals surface area contributed by atoms with Crippen molar-refractivity contribution in [3.63, 3.8) is 0 Å². The molecular formula is C14H8O4. The van der Waals surface area contributed by atoms with Crippen LogP contribution in [0.1, 0.15) is 21.5 Å². The molecule has 0 bridgehead atoms. The van der Waals surface area contributed by atoms with E-state index in [1.54, 1.807) is 18.2 Å². The number of benzene rings is 2. The molecule has 0 amide bonds. The summed E-state index contributed by atoms with van der Waals surface area (Å²) >= 11 is 0. The first-order valence-electron chi connectivity index (χ1n) is 5.34. The maximum Gasteiger partial charge on any atom is 0.336 e. The first-order chi connectivity index (χ1) is 8.59. The number of hydrogen-bond donors (Lipinski definition) is 2. The highest BCUT2D eigenvalue weighted by molar-refractivity contribution is 6.30. The smallest absolute Gasteiger partial charge is 0.336 e. The maximum absolute atomic E-state index is 11.2. The van der Waals surface area contributed by atoms with E-state index in [0.29, 0.717) is 16.5 Å². The van der Waals surface area contributed by atoms with E-state index in [1.165, 1.54) is 12.1 Å². The summed E-state index contributed by atoms with van der Waals surface area (Å²) in [5.74, 6) is -2.10. The SMILES string of the molecule is O=C(O)C1=Cc2c(C(=O)O)ccc3cccc1c23. The van der Waals surface area contributed by atoms with Crippen LogP contribution in [0.3, 0.4) is 0 Å². The molecule has 88 valence electrons. The van der Waals surface area contributed by atoms with Gasteiger partial charge in [-0.15, -0.1) is 0 Å². The molecular weight excluding hydrogens is 232 g/mol. The van der Waals surface area contributed by atoms with Crippen LogP contribution in [0.15, 0.2) is 30.3 Å². The van der Waals surface area contributed by atoms with Gasteiger partial charge in [-0.25, -0.2) is 9.59 Å². The Bertz CT molecular complexity index is 741. The van der Waals surface area contributed by atoms with Crippen molar-refractivity contribution in [3.05, 3.63) is 47.0 Å². The number of carboxylic acid groups (broad SMARTS) is 2. The van der Waals surface area contributed by atoms with Crippen molar-refractivity contribution in [2.75, 3.05) is 0 Å². The van der Waals surface area contributed by atoms with Gasteiger partial charge < -0.3 is 10.2 Å². The standard InChI is InChI=1S/C14H8O4/c15-13(16)9-5-4-7-2-1-3-8-11(14(17)18)6-10(9)12(7)8/h1-6H,(H,15,16)(H,17,18). The van der Waals surface area contributed by atoms with Crippen LogP contribution in [-0.2, 0) is 4.79 Å². The largest absolute Gasteiger partial charge is 0.478 e. The summed E-state index contributed by atoms with van der Waals surface area (Å²) in [5.41, 5.74) is 1.33. The second-order valence-corrected chi connectivity index (χ2v) is 4.10. The Morgan fingerprint density at radius 2 is 1.72 bits per heavy atom. The Hall–Kier alpha value is -2.62. The topological polar surface area (TPSA) is 74.6 Å². The Kier molecular flexibility index (Phi) is 2.01. The molecule has 0 atom stereocenters. The van der Waals surface area contributed by atoms with Gasteiger partial charge in [0.15, 0.2) is 0 Å². The van der Waals surface area contributed by atoms with E-state index in [0.717, 1.165) is 5.39 Å². The van der Waals surface area contributed by atoms with Crippen molar-refractivity contribution in [2.24, 2.45) is 0 Å². The van der Waals surface area contributed by atoms with E-state index in [9.17, 15) is 9.59 Å². The van der Waals surface area contributed by atoms with Gasteiger partial charge in [0.05, 0.1) is 11.1 Å². The molecule has 0 aromatic heterocycles. The molecule has 1 aliphatic carbocycles. The summed E-state index contributed by atoms with van der Waals surface area (Å²) in [5, 5.41) is 19.8. The van der Waals surface area contributed by atoms with Crippen molar-refractivity contribution in [1.82, 2.24) is 0 Å². The van der Waals surface area contributed by atoms with Gasteiger partial charge in [-0.2, -0.15) is 0 Å². The molecule has 0 saturated carbocycles. The fraction of sp³-hybridized carbons (Fsp3) is 0. The van der Waals surface area contributed by atoms with E-state index in [-0.39, 0.29) is 11.1 Å². The lowest BCUT2D eigenvalue weighted by Gasteiger charge is -2.05. The second kappa shape index (κ2) is 3.43. The van der Waals surface area contributed by atoms with Crippen LogP contribution in [0.25, 0.3) is 22.4 Å². The Labute approximate surface area is 102 Å². The average Bonchev–Trinajstić information content (AvgIpc) is 2.71. The first kappa shape index (κ1) is 10.5. The van der Waals surface area contributed by atoms with Crippen LogP contribution >= 0.6 is 0 Å². The summed E-state index contributed by atoms with van der Waals surface area (Å²) in [6.07, 6.45) is 1.43. The van der Waals surface area contributed by atoms with Crippen LogP contribution in [0.4, 0.5) is 0 Å². The third-order valence-corrected chi connectivity index (χ3v) is 3.13. The molecule has 0 unspecified atom stereocenters. The van der Waals surface area contributed by atoms with Crippen LogP contribution in [0.5, 0.6) is 0 Å². The van der Waals surface area contributed by atoms with Gasteiger partial charge in [0.25, 0.3) is 0 Å². The first-order valence-corrected chi connectivity index (χ1v) is 5.34. The number of carboxylic acids is 2. The molecule has 0 spiro atoms. The van der Waals surface area contributed by atoms with Gasteiger partial charge in [0, 0.05) is 0 Å². The molecule has 4 heteroatoms. The highest BCUT2D eigenvalue weighted by Crippen LogP contribution is 2.38. The van der Waals surface area contributed by atoms with E-state index in [1.807, 2.05) is 6.07 Å². The number of aliphatic carboxylic acids is 1. The van der Waals surface area contributed by atoms with E-state index in [2.05, 4.69) is 0 Å². The fourth-order valence-electron chi connectivity index (χ4n) is 2.37. The highest BCUT2D eigenvalue weighted by Gasteiger charge is 2.24. The minimum atomic E-state index is -1.05. The lowest BCUT2D eigenvalue weighted by atomic mass is 9.99. The molecule has 18 heavy (non-hydrogen) atoms. The lowest BCUT2D eigenvalue weighted by Crippen LogP contribution is -1.99. The quantitative estimate of drug-likeness (QED) is 0.845. The zero-order chi connectivity index (χ0) is 12.9. The summed E-state index contributed by atoms with van der Waals surface area (Å²) in [7, 11) is 0. The van der Waals surface area contributed by atoms with Gasteiger partial charge in [0.2, 0.25) is 0 Å². The summed E-state index contributed by atoms with van der Waals surface area (Å²) in [6, 6.07) is 8.51. The summed E-state index contributed by atoms with van der Waals surface area (Å²) < 4.78 is 0. The molecule has 2 N–H and O–H groups in total. The van der Waals surface area contributed by atoms with Gasteiger partial charge in [0.1, 0.15) is 0 Å². The van der Waals surface area contributed by atoms with Gasteiger partial charge >= 0.3 is 11.9 Å². The zero-order valence-corrected chi connectivity index (χ0v) is 9.18. The molecule has 2 aromatic carbocycles. The maximum atomic E-state index is 11.2. The van der Waals surface area contributed by atoms with Crippen molar-refractivity contribution in [1.29, 1.82) is 0 Å². The fourth-order valence-corrected chi connectivity index (χ4v) is 2.37. The van der Waals surface area contributed by atoms with Crippen molar-refractivity contribution in [3.8, 4) is 0 Å². The molecule has 1 aliphatic rings. The predicted molar refractivity (Wildman–Crippen MR) is 66.4 cm³/mol. The molecule has 3 rings (SSSR count). The van der Waals surface area contributed by atoms with E-state index < -0.39 is 11.9 Å². The summed E-state index contributed by atoms with van der Waals surface area (Å²) in [6.45, 7) is 0. The Morgan fingerprint density at radius 1 is 0.944 bits per heavy atom. The third-order valence-electron chi connectivity index (χ3n) is 3.13. The van der Waals surface area contributed by atoms with Crippen LogP contribution in [0, 0.1) is 0 Å². The Balaban J connectivity index is 2.46. The lowest BCUT2D eigenvalue weighted by molar-refractivity contribution is -0.130. The molecule has 2 aromatic rings. The van der Waals surface area contributed by atoms with Crippen LogP contribution < -0.4 is 0 Å². The number of hydrogen-bond acceptors (Lipinski definition) is 2. The third kappa shape index (κ3) is 1.26.